The fourth-order valence-electron chi connectivity index (χ4n) is 0.944. The minimum atomic E-state index is 0.253. The normalized spacial score (nSPS) is 12.8. The molecule has 0 fully saturated rings. The Morgan fingerprint density at radius 3 is 2.92 bits per heavy atom. The Hall–Kier alpha value is -0.970. The summed E-state index contributed by atoms with van der Waals surface area (Å²) in [5.74, 6) is 1.05. The third-order valence-electron chi connectivity index (χ3n) is 1.95. The number of rotatable bonds is 4. The molecule has 0 saturated heterocycles. The van der Waals surface area contributed by atoms with Gasteiger partial charge in [0.1, 0.15) is 11.3 Å². The Balaban J connectivity index is 2.64. The molecule has 5 heteroatoms. The molecule has 0 aromatic carbocycles. The van der Waals surface area contributed by atoms with E-state index in [-0.39, 0.29) is 4.99 Å². The number of aromatic nitrogens is 3. The predicted octanol–water partition coefficient (Wildman–Crippen LogP) is 0.958. The monoisotopic (exact) mass is 198 g/mol. The van der Waals surface area contributed by atoms with Crippen LogP contribution >= 0.6 is 12.2 Å². The smallest absolute Gasteiger partial charge is 0.208 e. The van der Waals surface area contributed by atoms with Crippen LogP contribution in [0.15, 0.2) is 6.33 Å². The molecule has 0 spiro atoms. The van der Waals surface area contributed by atoms with E-state index in [1.54, 1.807) is 11.0 Å². The lowest BCUT2D eigenvalue weighted by molar-refractivity contribution is 0.438. The first-order chi connectivity index (χ1) is 6.13. The quantitative estimate of drug-likeness (QED) is 0.732. The molecule has 13 heavy (non-hydrogen) atoms. The van der Waals surface area contributed by atoms with E-state index in [9.17, 15) is 0 Å². The van der Waals surface area contributed by atoms with Gasteiger partial charge < -0.3 is 5.73 Å². The van der Waals surface area contributed by atoms with Crippen molar-refractivity contribution in [2.75, 3.05) is 0 Å². The van der Waals surface area contributed by atoms with Crippen LogP contribution in [0, 0.1) is 5.92 Å². The molecule has 0 aliphatic heterocycles. The SMILES string of the molecule is CCC(C)Cn1cnc(C(N)=S)n1. The molecule has 1 unspecified atom stereocenters. The highest BCUT2D eigenvalue weighted by molar-refractivity contribution is 7.80. The van der Waals surface area contributed by atoms with Gasteiger partial charge in [-0.2, -0.15) is 0 Å². The molecule has 0 radical (unpaired) electrons. The van der Waals surface area contributed by atoms with Crippen molar-refractivity contribution in [2.45, 2.75) is 26.8 Å². The largest absolute Gasteiger partial charge is 0.387 e. The number of hydrogen-bond donors (Lipinski definition) is 1. The summed E-state index contributed by atoms with van der Waals surface area (Å²) in [6, 6.07) is 0. The molecule has 0 saturated carbocycles. The van der Waals surface area contributed by atoms with Crippen LogP contribution in [0.4, 0.5) is 0 Å². The van der Waals surface area contributed by atoms with Gasteiger partial charge in [-0.25, -0.2) is 4.98 Å². The third kappa shape index (κ3) is 2.77. The number of hydrogen-bond acceptors (Lipinski definition) is 3. The summed E-state index contributed by atoms with van der Waals surface area (Å²) in [6.07, 6.45) is 2.79. The van der Waals surface area contributed by atoms with Gasteiger partial charge in [-0.05, 0) is 5.92 Å². The van der Waals surface area contributed by atoms with Crippen LogP contribution in [-0.4, -0.2) is 19.8 Å². The molecule has 0 aliphatic rings. The molecule has 0 aliphatic carbocycles. The van der Waals surface area contributed by atoms with Crippen LogP contribution < -0.4 is 5.73 Å². The van der Waals surface area contributed by atoms with Crippen LogP contribution in [-0.2, 0) is 6.54 Å². The molecular weight excluding hydrogens is 184 g/mol. The van der Waals surface area contributed by atoms with Gasteiger partial charge in [0.2, 0.25) is 5.82 Å². The zero-order valence-corrected chi connectivity index (χ0v) is 8.71. The molecule has 1 atom stereocenters. The van der Waals surface area contributed by atoms with Crippen molar-refractivity contribution in [2.24, 2.45) is 11.7 Å². The minimum Gasteiger partial charge on any atom is -0.387 e. The number of thiocarbonyl (C=S) groups is 1. The fraction of sp³-hybridized carbons (Fsp3) is 0.625. The third-order valence-corrected chi connectivity index (χ3v) is 2.14. The van der Waals surface area contributed by atoms with Gasteiger partial charge in [0.15, 0.2) is 0 Å². The Kier molecular flexibility index (Phi) is 3.36. The molecule has 2 N–H and O–H groups in total. The summed E-state index contributed by atoms with van der Waals surface area (Å²) >= 11 is 4.76. The standard InChI is InChI=1S/C8H14N4S/c1-3-6(2)4-12-5-10-8(11-12)7(9)13/h5-6H,3-4H2,1-2H3,(H2,9,13). The van der Waals surface area contributed by atoms with E-state index < -0.39 is 0 Å². The summed E-state index contributed by atoms with van der Waals surface area (Å²) in [5.41, 5.74) is 5.38. The van der Waals surface area contributed by atoms with Gasteiger partial charge in [0.25, 0.3) is 0 Å². The summed E-state index contributed by atoms with van der Waals surface area (Å²) in [4.78, 5) is 4.24. The van der Waals surface area contributed by atoms with Crippen LogP contribution in [0.25, 0.3) is 0 Å². The van der Waals surface area contributed by atoms with Gasteiger partial charge in [-0.3, -0.25) is 4.68 Å². The summed E-state index contributed by atoms with van der Waals surface area (Å²) < 4.78 is 1.78. The summed E-state index contributed by atoms with van der Waals surface area (Å²) in [6.45, 7) is 5.18. The molecule has 4 nitrogen and oxygen atoms in total. The second-order valence-corrected chi connectivity index (χ2v) is 3.61. The minimum absolute atomic E-state index is 0.253. The highest BCUT2D eigenvalue weighted by Gasteiger charge is 2.05. The number of nitrogens with two attached hydrogens (primary N) is 1. The van der Waals surface area contributed by atoms with Crippen molar-refractivity contribution in [3.63, 3.8) is 0 Å². The highest BCUT2D eigenvalue weighted by atomic mass is 32.1. The van der Waals surface area contributed by atoms with E-state index in [1.807, 2.05) is 0 Å². The lowest BCUT2D eigenvalue weighted by atomic mass is 10.1. The predicted molar refractivity (Wildman–Crippen MR) is 55.4 cm³/mol. The number of nitrogens with zero attached hydrogens (tertiary/aromatic N) is 3. The maximum absolute atomic E-state index is 5.38. The Morgan fingerprint density at radius 1 is 1.77 bits per heavy atom. The van der Waals surface area contributed by atoms with E-state index in [0.29, 0.717) is 11.7 Å². The molecule has 0 bridgehead atoms. The maximum Gasteiger partial charge on any atom is 0.208 e. The fourth-order valence-corrected chi connectivity index (χ4v) is 1.04. The Bertz CT molecular complexity index is 294. The molecule has 1 aromatic rings. The van der Waals surface area contributed by atoms with Crippen molar-refractivity contribution in [1.29, 1.82) is 0 Å². The van der Waals surface area contributed by atoms with Crippen LogP contribution in [0.5, 0.6) is 0 Å². The average Bonchev–Trinajstić information content (AvgIpc) is 2.52. The van der Waals surface area contributed by atoms with Gasteiger partial charge in [0.05, 0.1) is 0 Å². The molecule has 0 amide bonds. The van der Waals surface area contributed by atoms with Crippen molar-refractivity contribution in [3.05, 3.63) is 12.2 Å². The lowest BCUT2D eigenvalue weighted by Gasteiger charge is -2.06. The van der Waals surface area contributed by atoms with E-state index in [2.05, 4.69) is 23.9 Å². The molecular formula is C8H14N4S. The molecule has 1 rings (SSSR count). The Morgan fingerprint density at radius 2 is 2.46 bits per heavy atom. The average molecular weight is 198 g/mol. The summed E-state index contributed by atoms with van der Waals surface area (Å²) in [7, 11) is 0. The van der Waals surface area contributed by atoms with E-state index in [1.165, 1.54) is 0 Å². The van der Waals surface area contributed by atoms with Crippen molar-refractivity contribution in [1.82, 2.24) is 14.8 Å². The van der Waals surface area contributed by atoms with Crippen LogP contribution in [0.1, 0.15) is 26.1 Å². The van der Waals surface area contributed by atoms with Gasteiger partial charge in [-0.1, -0.05) is 32.5 Å². The van der Waals surface area contributed by atoms with E-state index in [4.69, 9.17) is 18.0 Å². The topological polar surface area (TPSA) is 56.7 Å². The molecule has 1 aromatic heterocycles. The first kappa shape index (κ1) is 10.1. The zero-order chi connectivity index (χ0) is 9.84. The van der Waals surface area contributed by atoms with Gasteiger partial charge >= 0.3 is 0 Å². The second-order valence-electron chi connectivity index (χ2n) is 3.17. The maximum atomic E-state index is 5.38. The summed E-state index contributed by atoms with van der Waals surface area (Å²) in [5, 5.41) is 4.14. The van der Waals surface area contributed by atoms with Gasteiger partial charge in [-0.15, -0.1) is 5.10 Å². The molecule has 72 valence electrons. The second kappa shape index (κ2) is 4.32. The van der Waals surface area contributed by atoms with E-state index in [0.717, 1.165) is 13.0 Å². The van der Waals surface area contributed by atoms with Crippen LogP contribution in [0.3, 0.4) is 0 Å². The van der Waals surface area contributed by atoms with Crippen molar-refractivity contribution < 1.29 is 0 Å². The van der Waals surface area contributed by atoms with Crippen molar-refractivity contribution in [3.8, 4) is 0 Å². The first-order valence-corrected chi connectivity index (χ1v) is 4.73. The zero-order valence-electron chi connectivity index (χ0n) is 7.90. The van der Waals surface area contributed by atoms with Crippen LogP contribution in [0.2, 0.25) is 0 Å². The first-order valence-electron chi connectivity index (χ1n) is 4.32. The lowest BCUT2D eigenvalue weighted by Crippen LogP contribution is -2.13. The highest BCUT2D eigenvalue weighted by Crippen LogP contribution is 2.03. The molecule has 1 heterocycles. The van der Waals surface area contributed by atoms with Gasteiger partial charge in [0, 0.05) is 6.54 Å². The van der Waals surface area contributed by atoms with E-state index >= 15 is 0 Å². The van der Waals surface area contributed by atoms with Crippen molar-refractivity contribution >= 4 is 17.2 Å². The Labute approximate surface area is 83.1 Å².